The molecule has 1 fully saturated rings. The summed E-state index contributed by atoms with van der Waals surface area (Å²) in [5.74, 6) is 11.1. The van der Waals surface area contributed by atoms with Gasteiger partial charge in [-0.2, -0.15) is 5.10 Å². The fraction of sp³-hybridized carbons (Fsp3) is 0.435. The number of aliphatic hydroxyl groups is 4. The molecule has 30 heavy (non-hydrogen) atoms. The standard InChI is InChI=1S/C23H26N2O5/c1-3-16(2)25-14-18(13-24-25)9-10-20-23(29,12-11-17-7-5-4-6-8-17)22(28)21(27)19(15-26)30-20/h4-8,13-14,16,19-22,26-29H,3,15H2,1-2H3/t16?,19-,20-,21-,22+,23-/m1/s1. The van der Waals surface area contributed by atoms with Crippen LogP contribution in [0.2, 0.25) is 0 Å². The number of hydrogen-bond donors (Lipinski definition) is 4. The van der Waals surface area contributed by atoms with Crippen LogP contribution in [0.4, 0.5) is 0 Å². The zero-order valence-electron chi connectivity index (χ0n) is 16.9. The fourth-order valence-electron chi connectivity index (χ4n) is 3.09. The van der Waals surface area contributed by atoms with Gasteiger partial charge in [-0.15, -0.1) is 0 Å². The predicted molar refractivity (Wildman–Crippen MR) is 110 cm³/mol. The first-order valence-corrected chi connectivity index (χ1v) is 9.87. The molecule has 0 amide bonds. The third-order valence-corrected chi connectivity index (χ3v) is 5.22. The summed E-state index contributed by atoms with van der Waals surface area (Å²) in [6, 6.07) is 9.15. The van der Waals surface area contributed by atoms with Gasteiger partial charge in [-0.1, -0.05) is 48.8 Å². The summed E-state index contributed by atoms with van der Waals surface area (Å²) in [5, 5.41) is 45.7. The van der Waals surface area contributed by atoms with Gasteiger partial charge in [0.1, 0.15) is 18.3 Å². The van der Waals surface area contributed by atoms with Crippen LogP contribution >= 0.6 is 0 Å². The Morgan fingerprint density at radius 1 is 1.20 bits per heavy atom. The lowest BCUT2D eigenvalue weighted by Gasteiger charge is -2.43. The maximum Gasteiger partial charge on any atom is 0.191 e. The Morgan fingerprint density at radius 2 is 1.93 bits per heavy atom. The van der Waals surface area contributed by atoms with Crippen molar-refractivity contribution in [1.29, 1.82) is 0 Å². The topological polar surface area (TPSA) is 108 Å². The molecule has 1 saturated heterocycles. The number of nitrogens with zero attached hydrogens (tertiary/aromatic N) is 2. The van der Waals surface area contributed by atoms with Gasteiger partial charge in [-0.3, -0.25) is 4.68 Å². The molecule has 0 bridgehead atoms. The van der Waals surface area contributed by atoms with Crippen molar-refractivity contribution >= 4 is 0 Å². The summed E-state index contributed by atoms with van der Waals surface area (Å²) >= 11 is 0. The Bertz CT molecular complexity index is 968. The van der Waals surface area contributed by atoms with Gasteiger partial charge >= 0.3 is 0 Å². The first-order valence-electron chi connectivity index (χ1n) is 9.87. The van der Waals surface area contributed by atoms with E-state index in [1.165, 1.54) is 0 Å². The maximum absolute atomic E-state index is 11.1. The highest BCUT2D eigenvalue weighted by atomic mass is 16.5. The average Bonchev–Trinajstić information content (AvgIpc) is 3.25. The SMILES string of the molecule is CCC(C)n1cc(C#C[C@H]2O[C@H](CO)[C@@H](O)[C@H](O)[C@@]2(O)C#Cc2ccccc2)cn1. The van der Waals surface area contributed by atoms with Gasteiger partial charge in [-0.05, 0) is 25.5 Å². The molecule has 1 aliphatic rings. The third kappa shape index (κ3) is 4.57. The van der Waals surface area contributed by atoms with E-state index < -0.39 is 36.6 Å². The van der Waals surface area contributed by atoms with Gasteiger partial charge in [0.2, 0.25) is 0 Å². The highest BCUT2D eigenvalue weighted by Gasteiger charge is 2.53. The molecule has 2 heterocycles. The van der Waals surface area contributed by atoms with E-state index in [1.54, 1.807) is 41.3 Å². The molecule has 1 unspecified atom stereocenters. The second-order valence-electron chi connectivity index (χ2n) is 7.35. The normalized spacial score (nSPS) is 29.3. The smallest absolute Gasteiger partial charge is 0.191 e. The Kier molecular flexibility index (Phi) is 6.94. The Hall–Kier alpha value is -2.65. The summed E-state index contributed by atoms with van der Waals surface area (Å²) in [6.07, 6.45) is -1.24. The van der Waals surface area contributed by atoms with Gasteiger partial charge in [0.25, 0.3) is 0 Å². The molecule has 2 aromatic rings. The summed E-state index contributed by atoms with van der Waals surface area (Å²) in [5.41, 5.74) is -0.919. The minimum Gasteiger partial charge on any atom is -0.394 e. The molecule has 1 aliphatic heterocycles. The fourth-order valence-corrected chi connectivity index (χ4v) is 3.09. The highest BCUT2D eigenvalue weighted by molar-refractivity contribution is 5.41. The van der Waals surface area contributed by atoms with E-state index >= 15 is 0 Å². The van der Waals surface area contributed by atoms with Crippen molar-refractivity contribution in [3.05, 3.63) is 53.9 Å². The molecule has 7 nitrogen and oxygen atoms in total. The van der Waals surface area contributed by atoms with E-state index in [0.717, 1.165) is 6.42 Å². The molecule has 1 aromatic carbocycles. The van der Waals surface area contributed by atoms with E-state index in [-0.39, 0.29) is 6.04 Å². The molecule has 7 heteroatoms. The molecule has 1 aromatic heterocycles. The van der Waals surface area contributed by atoms with Crippen LogP contribution in [-0.4, -0.2) is 66.8 Å². The van der Waals surface area contributed by atoms with E-state index in [9.17, 15) is 20.4 Å². The monoisotopic (exact) mass is 410 g/mol. The molecule has 0 spiro atoms. The Labute approximate surface area is 175 Å². The van der Waals surface area contributed by atoms with Crippen molar-refractivity contribution in [2.75, 3.05) is 6.61 Å². The second kappa shape index (κ2) is 9.44. The van der Waals surface area contributed by atoms with Crippen molar-refractivity contribution in [3.8, 4) is 23.7 Å². The number of aromatic nitrogens is 2. The zero-order chi connectivity index (χ0) is 21.7. The largest absolute Gasteiger partial charge is 0.394 e. The minimum atomic E-state index is -2.15. The van der Waals surface area contributed by atoms with Gasteiger partial charge in [0.15, 0.2) is 11.7 Å². The van der Waals surface area contributed by atoms with Crippen LogP contribution in [0.1, 0.15) is 37.4 Å². The van der Waals surface area contributed by atoms with E-state index in [4.69, 9.17) is 4.74 Å². The van der Waals surface area contributed by atoms with E-state index in [1.807, 2.05) is 13.0 Å². The lowest BCUT2D eigenvalue weighted by Crippen LogP contribution is -2.65. The van der Waals surface area contributed by atoms with Crippen LogP contribution in [0.3, 0.4) is 0 Å². The number of ether oxygens (including phenoxy) is 1. The highest BCUT2D eigenvalue weighted by Crippen LogP contribution is 2.30. The average molecular weight is 410 g/mol. The molecule has 0 saturated carbocycles. The lowest BCUT2D eigenvalue weighted by molar-refractivity contribution is -0.239. The van der Waals surface area contributed by atoms with Crippen molar-refractivity contribution < 1.29 is 25.2 Å². The summed E-state index contributed by atoms with van der Waals surface area (Å²) in [4.78, 5) is 0. The summed E-state index contributed by atoms with van der Waals surface area (Å²) in [6.45, 7) is 3.56. The second-order valence-corrected chi connectivity index (χ2v) is 7.35. The molecule has 158 valence electrons. The summed E-state index contributed by atoms with van der Waals surface area (Å²) < 4.78 is 7.40. The van der Waals surface area contributed by atoms with Gasteiger partial charge in [0.05, 0.1) is 18.4 Å². The summed E-state index contributed by atoms with van der Waals surface area (Å²) in [7, 11) is 0. The first kappa shape index (κ1) is 22.0. The molecular formula is C23H26N2O5. The third-order valence-electron chi connectivity index (χ3n) is 5.22. The zero-order valence-corrected chi connectivity index (χ0v) is 16.9. The molecule has 0 radical (unpaired) electrons. The van der Waals surface area contributed by atoms with Gasteiger partial charge < -0.3 is 25.2 Å². The number of aliphatic hydroxyl groups excluding tert-OH is 3. The van der Waals surface area contributed by atoms with Crippen LogP contribution in [0.5, 0.6) is 0 Å². The minimum absolute atomic E-state index is 0.218. The van der Waals surface area contributed by atoms with Crippen LogP contribution in [-0.2, 0) is 4.74 Å². The van der Waals surface area contributed by atoms with Crippen molar-refractivity contribution in [2.24, 2.45) is 0 Å². The molecule has 3 rings (SSSR count). The van der Waals surface area contributed by atoms with Gasteiger partial charge in [-0.25, -0.2) is 0 Å². The van der Waals surface area contributed by atoms with Gasteiger partial charge in [0, 0.05) is 17.8 Å². The van der Waals surface area contributed by atoms with Crippen molar-refractivity contribution in [2.45, 2.75) is 56.3 Å². The quantitative estimate of drug-likeness (QED) is 0.548. The maximum atomic E-state index is 11.1. The molecular weight excluding hydrogens is 384 g/mol. The number of benzene rings is 1. The van der Waals surface area contributed by atoms with Crippen LogP contribution < -0.4 is 0 Å². The first-order chi connectivity index (χ1) is 14.4. The van der Waals surface area contributed by atoms with Crippen LogP contribution in [0.25, 0.3) is 0 Å². The van der Waals surface area contributed by atoms with Crippen molar-refractivity contribution in [1.82, 2.24) is 9.78 Å². The molecule has 4 N–H and O–H groups in total. The van der Waals surface area contributed by atoms with E-state index in [0.29, 0.717) is 11.1 Å². The number of rotatable bonds is 3. The lowest BCUT2D eigenvalue weighted by atomic mass is 9.82. The Morgan fingerprint density at radius 3 is 2.60 bits per heavy atom. The Balaban J connectivity index is 1.94. The van der Waals surface area contributed by atoms with Crippen LogP contribution in [0.15, 0.2) is 42.7 Å². The van der Waals surface area contributed by atoms with Crippen LogP contribution in [0, 0.1) is 23.7 Å². The predicted octanol–water partition coefficient (Wildman–Crippen LogP) is 0.470. The van der Waals surface area contributed by atoms with E-state index in [2.05, 4.69) is 35.7 Å². The molecule has 0 aliphatic carbocycles. The number of hydrogen-bond acceptors (Lipinski definition) is 6. The molecule has 6 atom stereocenters. The van der Waals surface area contributed by atoms with Crippen molar-refractivity contribution in [3.63, 3.8) is 0 Å².